The molecular formula is C19H23NO4. The molecule has 1 fully saturated rings. The first-order valence-corrected chi connectivity index (χ1v) is 8.05. The fraction of sp³-hybridized carbons (Fsp3) is 0.421. The molecule has 0 bridgehead atoms. The molecule has 5 nitrogen and oxygen atoms in total. The molecule has 0 saturated carbocycles. The Hall–Kier alpha value is -1.95. The number of likely N-dealkylation sites (N-methyl/N-ethyl adjacent to an activating group) is 1. The van der Waals surface area contributed by atoms with Gasteiger partial charge >= 0.3 is 0 Å². The molecule has 1 heterocycles. The first-order chi connectivity index (χ1) is 11.7. The number of amides is 1. The lowest BCUT2D eigenvalue weighted by Gasteiger charge is -2.40. The van der Waals surface area contributed by atoms with Crippen LogP contribution in [0.2, 0.25) is 0 Å². The van der Waals surface area contributed by atoms with Crippen molar-refractivity contribution in [3.8, 4) is 0 Å². The highest BCUT2D eigenvalue weighted by atomic mass is 16.6. The molecule has 128 valence electrons. The molecule has 0 spiro atoms. The van der Waals surface area contributed by atoms with Crippen molar-refractivity contribution in [1.82, 2.24) is 4.90 Å². The Kier molecular flexibility index (Phi) is 5.14. The van der Waals surface area contributed by atoms with Crippen molar-refractivity contribution in [2.45, 2.75) is 18.2 Å². The largest absolute Gasteiger partial charge is 0.376 e. The Morgan fingerprint density at radius 3 is 2.54 bits per heavy atom. The smallest absolute Gasteiger partial charge is 0.254 e. The van der Waals surface area contributed by atoms with Gasteiger partial charge in [-0.2, -0.15) is 0 Å². The summed E-state index contributed by atoms with van der Waals surface area (Å²) in [5, 5.41) is 2.17. The SMILES string of the molecule is CO[C@H]1[C@H](N(C)C(=O)c2ccc3ccccc3c2)COC[C@H]1OC. The van der Waals surface area contributed by atoms with Gasteiger partial charge in [0.15, 0.2) is 0 Å². The highest BCUT2D eigenvalue weighted by Crippen LogP contribution is 2.22. The second kappa shape index (κ2) is 7.30. The number of ether oxygens (including phenoxy) is 3. The van der Waals surface area contributed by atoms with Gasteiger partial charge in [-0.25, -0.2) is 0 Å². The van der Waals surface area contributed by atoms with Gasteiger partial charge in [0.2, 0.25) is 0 Å². The Morgan fingerprint density at radius 2 is 1.83 bits per heavy atom. The van der Waals surface area contributed by atoms with Crippen LogP contribution in [-0.4, -0.2) is 63.5 Å². The van der Waals surface area contributed by atoms with Crippen LogP contribution in [0, 0.1) is 0 Å². The van der Waals surface area contributed by atoms with E-state index in [1.54, 1.807) is 26.2 Å². The monoisotopic (exact) mass is 329 g/mol. The maximum Gasteiger partial charge on any atom is 0.254 e. The maximum absolute atomic E-state index is 12.9. The molecule has 0 aliphatic carbocycles. The summed E-state index contributed by atoms with van der Waals surface area (Å²) < 4.78 is 16.6. The lowest BCUT2D eigenvalue weighted by Crippen LogP contribution is -2.57. The quantitative estimate of drug-likeness (QED) is 0.864. The van der Waals surface area contributed by atoms with Crippen LogP contribution in [0.25, 0.3) is 10.8 Å². The molecule has 0 N–H and O–H groups in total. The van der Waals surface area contributed by atoms with E-state index in [0.717, 1.165) is 10.8 Å². The standard InChI is InChI=1S/C19H23NO4/c1-20(16-11-24-12-17(22-2)18(16)23-3)19(21)15-9-8-13-6-4-5-7-14(13)10-15/h4-10,16-18H,11-12H2,1-3H3/t16-,17-,18+/m1/s1. The van der Waals surface area contributed by atoms with Crippen molar-refractivity contribution in [1.29, 1.82) is 0 Å². The number of methoxy groups -OCH3 is 2. The molecule has 2 aromatic carbocycles. The van der Waals surface area contributed by atoms with Crippen LogP contribution in [0.3, 0.4) is 0 Å². The van der Waals surface area contributed by atoms with E-state index in [-0.39, 0.29) is 24.2 Å². The van der Waals surface area contributed by atoms with E-state index in [9.17, 15) is 4.79 Å². The zero-order valence-electron chi connectivity index (χ0n) is 14.3. The summed E-state index contributed by atoms with van der Waals surface area (Å²) in [6, 6.07) is 13.6. The van der Waals surface area contributed by atoms with E-state index in [0.29, 0.717) is 18.8 Å². The summed E-state index contributed by atoms with van der Waals surface area (Å²) in [6.07, 6.45) is -0.390. The Labute approximate surface area is 142 Å². The summed E-state index contributed by atoms with van der Waals surface area (Å²) in [5.74, 6) is -0.0480. The zero-order valence-corrected chi connectivity index (χ0v) is 14.3. The van der Waals surface area contributed by atoms with Crippen LogP contribution in [0.15, 0.2) is 42.5 Å². The van der Waals surface area contributed by atoms with Gasteiger partial charge in [0.1, 0.15) is 12.2 Å². The van der Waals surface area contributed by atoms with E-state index in [1.807, 2.05) is 42.5 Å². The topological polar surface area (TPSA) is 48.0 Å². The first kappa shape index (κ1) is 16.9. The van der Waals surface area contributed by atoms with Gasteiger partial charge in [-0.05, 0) is 22.9 Å². The second-order valence-corrected chi connectivity index (χ2v) is 6.06. The minimum Gasteiger partial charge on any atom is -0.376 e. The minimum atomic E-state index is -0.210. The molecule has 1 saturated heterocycles. The molecule has 0 radical (unpaired) electrons. The van der Waals surface area contributed by atoms with E-state index < -0.39 is 0 Å². The van der Waals surface area contributed by atoms with E-state index >= 15 is 0 Å². The van der Waals surface area contributed by atoms with Crippen LogP contribution in [0.5, 0.6) is 0 Å². The van der Waals surface area contributed by atoms with Gasteiger partial charge in [0.05, 0.1) is 19.3 Å². The van der Waals surface area contributed by atoms with Gasteiger partial charge in [-0.15, -0.1) is 0 Å². The molecule has 0 aromatic heterocycles. The van der Waals surface area contributed by atoms with Crippen molar-refractivity contribution in [3.63, 3.8) is 0 Å². The fourth-order valence-electron chi connectivity index (χ4n) is 3.26. The van der Waals surface area contributed by atoms with Gasteiger partial charge in [0, 0.05) is 26.8 Å². The summed E-state index contributed by atoms with van der Waals surface area (Å²) in [4.78, 5) is 14.6. The number of rotatable bonds is 4. The fourth-order valence-corrected chi connectivity index (χ4v) is 3.26. The summed E-state index contributed by atoms with van der Waals surface area (Å²) in [5.41, 5.74) is 0.658. The van der Waals surface area contributed by atoms with Crippen molar-refractivity contribution in [2.75, 3.05) is 34.5 Å². The first-order valence-electron chi connectivity index (χ1n) is 8.05. The van der Waals surface area contributed by atoms with Gasteiger partial charge in [-0.1, -0.05) is 30.3 Å². The summed E-state index contributed by atoms with van der Waals surface area (Å²) in [6.45, 7) is 0.914. The third-order valence-electron chi connectivity index (χ3n) is 4.71. The Morgan fingerprint density at radius 1 is 1.08 bits per heavy atom. The summed E-state index contributed by atoms with van der Waals surface area (Å²) >= 11 is 0. The lowest BCUT2D eigenvalue weighted by molar-refractivity contribution is -0.147. The molecule has 1 aliphatic heterocycles. The number of fused-ring (bicyclic) bond motifs is 1. The molecule has 24 heavy (non-hydrogen) atoms. The molecule has 5 heteroatoms. The number of nitrogens with zero attached hydrogens (tertiary/aromatic N) is 1. The molecule has 2 aromatic rings. The Balaban J connectivity index is 1.84. The van der Waals surface area contributed by atoms with Crippen molar-refractivity contribution in [3.05, 3.63) is 48.0 Å². The second-order valence-electron chi connectivity index (χ2n) is 6.06. The Bertz CT molecular complexity index is 717. The van der Waals surface area contributed by atoms with Crippen LogP contribution < -0.4 is 0 Å². The van der Waals surface area contributed by atoms with Gasteiger partial charge < -0.3 is 19.1 Å². The van der Waals surface area contributed by atoms with Crippen molar-refractivity contribution in [2.24, 2.45) is 0 Å². The minimum absolute atomic E-state index is 0.0480. The number of carbonyl (C=O) groups excluding carboxylic acids is 1. The van der Waals surface area contributed by atoms with Crippen molar-refractivity contribution >= 4 is 16.7 Å². The third-order valence-corrected chi connectivity index (χ3v) is 4.71. The van der Waals surface area contributed by atoms with Crippen LogP contribution in [0.1, 0.15) is 10.4 Å². The molecule has 1 amide bonds. The number of hydrogen-bond acceptors (Lipinski definition) is 4. The third kappa shape index (κ3) is 3.15. The molecule has 3 atom stereocenters. The molecule has 0 unspecified atom stereocenters. The molecular weight excluding hydrogens is 306 g/mol. The highest BCUT2D eigenvalue weighted by molar-refractivity contribution is 5.98. The van der Waals surface area contributed by atoms with Crippen LogP contribution in [0.4, 0.5) is 0 Å². The van der Waals surface area contributed by atoms with Crippen LogP contribution in [-0.2, 0) is 14.2 Å². The number of benzene rings is 2. The van der Waals surface area contributed by atoms with Crippen LogP contribution >= 0.6 is 0 Å². The highest BCUT2D eigenvalue weighted by Gasteiger charge is 2.38. The van der Waals surface area contributed by atoms with E-state index in [1.165, 1.54) is 0 Å². The van der Waals surface area contributed by atoms with E-state index in [2.05, 4.69) is 0 Å². The normalized spacial score (nSPS) is 24.0. The molecule has 1 aliphatic rings. The summed E-state index contributed by atoms with van der Waals surface area (Å²) in [7, 11) is 5.06. The predicted octanol–water partition coefficient (Wildman–Crippen LogP) is 2.34. The van der Waals surface area contributed by atoms with Crippen molar-refractivity contribution < 1.29 is 19.0 Å². The number of hydrogen-bond donors (Lipinski definition) is 0. The zero-order chi connectivity index (χ0) is 17.1. The van der Waals surface area contributed by atoms with E-state index in [4.69, 9.17) is 14.2 Å². The van der Waals surface area contributed by atoms with Gasteiger partial charge in [-0.3, -0.25) is 4.79 Å². The maximum atomic E-state index is 12.9. The molecule has 3 rings (SSSR count). The average Bonchev–Trinajstić information content (AvgIpc) is 2.65. The lowest BCUT2D eigenvalue weighted by atomic mass is 10.0. The van der Waals surface area contributed by atoms with Gasteiger partial charge in [0.25, 0.3) is 5.91 Å². The number of carbonyl (C=O) groups is 1. The average molecular weight is 329 g/mol. The predicted molar refractivity (Wildman–Crippen MR) is 92.2 cm³/mol.